The lowest BCUT2D eigenvalue weighted by atomic mass is 10.2. The number of ether oxygens (including phenoxy) is 2. The number of nitrogens with zero attached hydrogens (tertiary/aromatic N) is 3. The van der Waals surface area contributed by atoms with Gasteiger partial charge in [0.2, 0.25) is 0 Å². The zero-order valence-electron chi connectivity index (χ0n) is 12.8. The molecule has 0 aliphatic carbocycles. The predicted octanol–water partition coefficient (Wildman–Crippen LogP) is 3.20. The third-order valence-corrected chi connectivity index (χ3v) is 3.43. The molecule has 1 aromatic carbocycles. The van der Waals surface area contributed by atoms with Crippen LogP contribution in [-0.4, -0.2) is 14.8 Å². The smallest absolute Gasteiger partial charge is 0.293 e. The van der Waals surface area contributed by atoms with Gasteiger partial charge in [0, 0.05) is 19.3 Å². The van der Waals surface area contributed by atoms with E-state index in [1.807, 2.05) is 12.1 Å². The first-order valence-corrected chi connectivity index (χ1v) is 7.53. The van der Waals surface area contributed by atoms with Gasteiger partial charge >= 0.3 is 0 Å². The molecule has 0 unspecified atom stereocenters. The number of hydrogen-bond acceptors (Lipinski definition) is 5. The van der Waals surface area contributed by atoms with Crippen molar-refractivity contribution in [3.8, 4) is 17.2 Å². The molecule has 0 spiro atoms. The minimum atomic E-state index is -0.188. The van der Waals surface area contributed by atoms with Gasteiger partial charge in [-0.3, -0.25) is 4.79 Å². The van der Waals surface area contributed by atoms with Crippen LogP contribution >= 0.6 is 11.6 Å². The van der Waals surface area contributed by atoms with Crippen molar-refractivity contribution in [2.45, 2.75) is 6.61 Å². The topological polar surface area (TPSA) is 66.2 Å². The third-order valence-electron chi connectivity index (χ3n) is 3.24. The number of benzene rings is 1. The molecule has 7 heteroatoms. The van der Waals surface area contributed by atoms with Gasteiger partial charge in [0.15, 0.2) is 10.9 Å². The Kier molecular flexibility index (Phi) is 4.77. The quantitative estimate of drug-likeness (QED) is 0.711. The summed E-state index contributed by atoms with van der Waals surface area (Å²) in [6, 6.07) is 12.3. The predicted molar refractivity (Wildman–Crippen MR) is 89.6 cm³/mol. The van der Waals surface area contributed by atoms with Gasteiger partial charge in [-0.1, -0.05) is 23.7 Å². The van der Waals surface area contributed by atoms with Gasteiger partial charge in [0.05, 0.1) is 6.20 Å². The fourth-order valence-electron chi connectivity index (χ4n) is 2.00. The lowest BCUT2D eigenvalue weighted by Crippen LogP contribution is -2.16. The van der Waals surface area contributed by atoms with E-state index in [2.05, 4.69) is 10.2 Å². The molecule has 0 bridgehead atoms. The lowest BCUT2D eigenvalue weighted by Gasteiger charge is -2.08. The summed E-state index contributed by atoms with van der Waals surface area (Å²) < 4.78 is 12.7. The van der Waals surface area contributed by atoms with Crippen LogP contribution in [0.1, 0.15) is 5.56 Å². The summed E-state index contributed by atoms with van der Waals surface area (Å²) in [5, 5.41) is 7.64. The summed E-state index contributed by atoms with van der Waals surface area (Å²) in [4.78, 5) is 11.9. The molecule has 24 heavy (non-hydrogen) atoms. The van der Waals surface area contributed by atoms with E-state index >= 15 is 0 Å². The first kappa shape index (κ1) is 16.0. The van der Waals surface area contributed by atoms with Crippen molar-refractivity contribution in [3.05, 3.63) is 75.9 Å². The van der Waals surface area contributed by atoms with Gasteiger partial charge < -0.3 is 14.0 Å². The van der Waals surface area contributed by atoms with Gasteiger partial charge in [-0.25, -0.2) is 0 Å². The van der Waals surface area contributed by atoms with E-state index in [-0.39, 0.29) is 16.5 Å². The second kappa shape index (κ2) is 7.14. The molecular formula is C17H14ClN3O3. The highest BCUT2D eigenvalue weighted by atomic mass is 35.5. The van der Waals surface area contributed by atoms with Crippen molar-refractivity contribution < 1.29 is 9.47 Å². The highest BCUT2D eigenvalue weighted by molar-refractivity contribution is 6.29. The number of aromatic nitrogens is 3. The minimum Gasteiger partial charge on any atom is -0.487 e. The summed E-state index contributed by atoms with van der Waals surface area (Å²) in [5.41, 5.74) is 0.753. The average Bonchev–Trinajstić information content (AvgIpc) is 2.58. The van der Waals surface area contributed by atoms with E-state index in [1.54, 1.807) is 43.6 Å². The molecule has 0 atom stereocenters. The molecule has 0 aliphatic rings. The molecule has 2 heterocycles. The van der Waals surface area contributed by atoms with Gasteiger partial charge in [0.1, 0.15) is 18.1 Å². The van der Waals surface area contributed by atoms with Gasteiger partial charge in [-0.2, -0.15) is 5.10 Å². The second-order valence-corrected chi connectivity index (χ2v) is 5.42. The molecule has 3 rings (SSSR count). The zero-order chi connectivity index (χ0) is 16.9. The fraction of sp³-hybridized carbons (Fsp3) is 0.118. The maximum Gasteiger partial charge on any atom is 0.293 e. The van der Waals surface area contributed by atoms with Crippen molar-refractivity contribution in [3.63, 3.8) is 0 Å². The minimum absolute atomic E-state index is 0.188. The fourth-order valence-corrected chi connectivity index (χ4v) is 2.15. The molecule has 0 N–H and O–H groups in total. The standard InChI is InChI=1S/C17H14ClN3O3/c1-21-8-2-3-15(17(21)22)24-13-6-4-12(5-7-13)11-23-14-9-16(18)20-19-10-14/h2-10H,11H2,1H3. The molecule has 2 aromatic heterocycles. The molecule has 0 radical (unpaired) electrons. The van der Waals surface area contributed by atoms with Crippen molar-refractivity contribution in [1.29, 1.82) is 0 Å². The summed E-state index contributed by atoms with van der Waals surface area (Å²) in [5.74, 6) is 1.40. The lowest BCUT2D eigenvalue weighted by molar-refractivity contribution is 0.304. The molecule has 3 aromatic rings. The monoisotopic (exact) mass is 343 g/mol. The second-order valence-electron chi connectivity index (χ2n) is 5.04. The molecule has 0 aliphatic heterocycles. The molecule has 122 valence electrons. The van der Waals surface area contributed by atoms with Crippen LogP contribution in [0.25, 0.3) is 0 Å². The van der Waals surface area contributed by atoms with E-state index in [0.717, 1.165) is 5.56 Å². The van der Waals surface area contributed by atoms with Crippen molar-refractivity contribution >= 4 is 11.6 Å². The van der Waals surface area contributed by atoms with Crippen LogP contribution in [0.5, 0.6) is 17.2 Å². The first-order valence-electron chi connectivity index (χ1n) is 7.15. The van der Waals surface area contributed by atoms with Crippen LogP contribution in [0.3, 0.4) is 0 Å². The average molecular weight is 344 g/mol. The Morgan fingerprint density at radius 3 is 2.71 bits per heavy atom. The number of pyridine rings is 1. The molecule has 0 amide bonds. The maximum atomic E-state index is 11.9. The van der Waals surface area contributed by atoms with E-state index in [4.69, 9.17) is 21.1 Å². The van der Waals surface area contributed by atoms with E-state index < -0.39 is 0 Å². The third kappa shape index (κ3) is 3.91. The SMILES string of the molecule is Cn1cccc(Oc2ccc(COc3cnnc(Cl)c3)cc2)c1=O. The molecule has 0 fully saturated rings. The Morgan fingerprint density at radius 2 is 1.96 bits per heavy atom. The van der Waals surface area contributed by atoms with Crippen LogP contribution in [0.15, 0.2) is 59.7 Å². The van der Waals surface area contributed by atoms with Gasteiger partial charge in [-0.15, -0.1) is 5.10 Å². The van der Waals surface area contributed by atoms with Gasteiger partial charge in [-0.05, 0) is 29.8 Å². The van der Waals surface area contributed by atoms with Crippen LogP contribution in [0.2, 0.25) is 5.15 Å². The van der Waals surface area contributed by atoms with Crippen LogP contribution < -0.4 is 15.0 Å². The first-order chi connectivity index (χ1) is 11.6. The summed E-state index contributed by atoms with van der Waals surface area (Å²) >= 11 is 5.75. The number of rotatable bonds is 5. The maximum absolute atomic E-state index is 11.9. The Morgan fingerprint density at radius 1 is 1.17 bits per heavy atom. The molecular weight excluding hydrogens is 330 g/mol. The highest BCUT2D eigenvalue weighted by Crippen LogP contribution is 2.20. The molecule has 6 nitrogen and oxygen atoms in total. The number of halogens is 1. The van der Waals surface area contributed by atoms with Crippen molar-refractivity contribution in [2.24, 2.45) is 7.05 Å². The zero-order valence-corrected chi connectivity index (χ0v) is 13.6. The Balaban J connectivity index is 1.65. The van der Waals surface area contributed by atoms with E-state index in [0.29, 0.717) is 18.1 Å². The highest BCUT2D eigenvalue weighted by Gasteiger charge is 2.04. The number of aryl methyl sites for hydroxylation is 1. The van der Waals surface area contributed by atoms with Crippen molar-refractivity contribution in [2.75, 3.05) is 0 Å². The Labute approximate surface area is 143 Å². The normalized spacial score (nSPS) is 10.4. The summed E-state index contributed by atoms with van der Waals surface area (Å²) in [6.45, 7) is 0.357. The number of hydrogen-bond donors (Lipinski definition) is 0. The van der Waals surface area contributed by atoms with Crippen LogP contribution in [0.4, 0.5) is 0 Å². The van der Waals surface area contributed by atoms with Gasteiger partial charge in [0.25, 0.3) is 5.56 Å². The largest absolute Gasteiger partial charge is 0.487 e. The molecule has 0 saturated carbocycles. The van der Waals surface area contributed by atoms with Crippen molar-refractivity contribution in [1.82, 2.24) is 14.8 Å². The van der Waals surface area contributed by atoms with E-state index in [1.165, 1.54) is 10.8 Å². The summed E-state index contributed by atoms with van der Waals surface area (Å²) in [6.07, 6.45) is 3.17. The Bertz CT molecular complexity index is 894. The van der Waals surface area contributed by atoms with E-state index in [9.17, 15) is 4.79 Å². The van der Waals surface area contributed by atoms with Crippen LogP contribution in [0, 0.1) is 0 Å². The molecule has 0 saturated heterocycles. The Hall–Kier alpha value is -2.86. The summed E-state index contributed by atoms with van der Waals surface area (Å²) in [7, 11) is 1.68. The van der Waals surface area contributed by atoms with Crippen LogP contribution in [-0.2, 0) is 13.7 Å².